The standard InChI is InChI=1S/C13H20N4O6.ClH/c14-4-1-2-9(18)22-6-7-10(19)11(20)12(23-7)17-5-3-8(15)16-13(17)21;/h3,5,7,10-12,19-20H,1-2,4,6,14H2,(H2,15,16,21);1H/t7-,10?,11?,12-;/m1./s1. The van der Waals surface area contributed by atoms with Crippen molar-refractivity contribution in [2.45, 2.75) is 37.4 Å². The molecule has 2 unspecified atom stereocenters. The molecule has 0 radical (unpaired) electrons. The van der Waals surface area contributed by atoms with Crippen LogP contribution in [0.2, 0.25) is 0 Å². The van der Waals surface area contributed by atoms with Crippen molar-refractivity contribution >= 4 is 24.2 Å². The molecule has 1 saturated heterocycles. The van der Waals surface area contributed by atoms with Gasteiger partial charge in [-0.1, -0.05) is 0 Å². The number of hydrogen-bond acceptors (Lipinski definition) is 9. The number of aliphatic hydroxyl groups is 2. The average Bonchev–Trinajstić information content (AvgIpc) is 2.79. The van der Waals surface area contributed by atoms with Gasteiger partial charge in [-0.3, -0.25) is 9.36 Å². The van der Waals surface area contributed by atoms with Gasteiger partial charge in [0.15, 0.2) is 6.23 Å². The molecular weight excluding hydrogens is 344 g/mol. The molecule has 11 heteroatoms. The third-order valence-electron chi connectivity index (χ3n) is 3.46. The van der Waals surface area contributed by atoms with Gasteiger partial charge in [0.2, 0.25) is 0 Å². The van der Waals surface area contributed by atoms with Crippen LogP contribution in [0.5, 0.6) is 0 Å². The van der Waals surface area contributed by atoms with Crippen molar-refractivity contribution in [1.29, 1.82) is 0 Å². The summed E-state index contributed by atoms with van der Waals surface area (Å²) in [4.78, 5) is 26.7. The highest BCUT2D eigenvalue weighted by Crippen LogP contribution is 2.28. The van der Waals surface area contributed by atoms with E-state index in [4.69, 9.17) is 20.9 Å². The summed E-state index contributed by atoms with van der Waals surface area (Å²) in [5.74, 6) is -0.444. The van der Waals surface area contributed by atoms with Crippen LogP contribution < -0.4 is 17.2 Å². The molecule has 1 aliphatic heterocycles. The molecule has 6 N–H and O–H groups in total. The number of nitrogens with zero attached hydrogens (tertiary/aromatic N) is 2. The first kappa shape index (κ1) is 20.3. The van der Waals surface area contributed by atoms with Gasteiger partial charge in [0.25, 0.3) is 0 Å². The Morgan fingerprint density at radius 2 is 2.12 bits per heavy atom. The molecule has 24 heavy (non-hydrogen) atoms. The Morgan fingerprint density at radius 1 is 1.42 bits per heavy atom. The molecular formula is C13H21ClN4O6. The van der Waals surface area contributed by atoms with Crippen LogP contribution in [0.25, 0.3) is 0 Å². The quantitative estimate of drug-likeness (QED) is 0.424. The largest absolute Gasteiger partial charge is 0.463 e. The fraction of sp³-hybridized carbons (Fsp3) is 0.615. The third kappa shape index (κ3) is 4.65. The zero-order valence-corrected chi connectivity index (χ0v) is 13.6. The predicted octanol–water partition coefficient (Wildman–Crippen LogP) is -1.85. The minimum Gasteiger partial charge on any atom is -0.463 e. The average molecular weight is 365 g/mol. The van der Waals surface area contributed by atoms with Crippen molar-refractivity contribution in [3.8, 4) is 0 Å². The van der Waals surface area contributed by atoms with Crippen LogP contribution in [0.3, 0.4) is 0 Å². The van der Waals surface area contributed by atoms with E-state index >= 15 is 0 Å². The number of carbonyl (C=O) groups is 1. The van der Waals surface area contributed by atoms with E-state index in [0.717, 1.165) is 4.57 Å². The molecule has 1 aromatic rings. The van der Waals surface area contributed by atoms with Gasteiger partial charge in [0.05, 0.1) is 0 Å². The minimum absolute atomic E-state index is 0. The van der Waals surface area contributed by atoms with Gasteiger partial charge < -0.3 is 31.2 Å². The maximum Gasteiger partial charge on any atom is 0.351 e. The fourth-order valence-electron chi connectivity index (χ4n) is 2.21. The molecule has 4 atom stereocenters. The van der Waals surface area contributed by atoms with E-state index in [1.807, 2.05) is 0 Å². The van der Waals surface area contributed by atoms with Crippen molar-refractivity contribution in [3.63, 3.8) is 0 Å². The van der Waals surface area contributed by atoms with E-state index in [-0.39, 0.29) is 31.3 Å². The minimum atomic E-state index is -1.37. The Hall–Kier alpha value is -1.72. The van der Waals surface area contributed by atoms with Gasteiger partial charge >= 0.3 is 11.7 Å². The normalized spacial score (nSPS) is 26.0. The van der Waals surface area contributed by atoms with Crippen LogP contribution in [0.15, 0.2) is 17.1 Å². The van der Waals surface area contributed by atoms with Crippen LogP contribution in [0, 0.1) is 0 Å². The number of hydrogen-bond donors (Lipinski definition) is 4. The number of carbonyl (C=O) groups excluding carboxylic acids is 1. The van der Waals surface area contributed by atoms with Gasteiger partial charge in [0.1, 0.15) is 30.7 Å². The van der Waals surface area contributed by atoms with Crippen LogP contribution in [0.1, 0.15) is 19.1 Å². The maximum atomic E-state index is 11.8. The van der Waals surface area contributed by atoms with Gasteiger partial charge in [-0.15, -0.1) is 12.4 Å². The van der Waals surface area contributed by atoms with Crippen LogP contribution in [0.4, 0.5) is 5.82 Å². The second-order valence-corrected chi connectivity index (χ2v) is 5.16. The second-order valence-electron chi connectivity index (χ2n) is 5.16. The highest BCUT2D eigenvalue weighted by molar-refractivity contribution is 5.85. The van der Waals surface area contributed by atoms with Gasteiger partial charge in [-0.2, -0.15) is 4.98 Å². The SMILES string of the molecule is Cl.NCCCC(=O)OC[C@H]1O[C@@H](n2ccc(N)nc2=O)C(O)C1O. The lowest BCUT2D eigenvalue weighted by Gasteiger charge is -2.16. The van der Waals surface area contributed by atoms with Gasteiger partial charge in [-0.25, -0.2) is 4.79 Å². The summed E-state index contributed by atoms with van der Waals surface area (Å²) in [6.45, 7) is 0.126. The Kier molecular flexibility index (Phi) is 7.58. The lowest BCUT2D eigenvalue weighted by molar-refractivity contribution is -0.150. The maximum absolute atomic E-state index is 11.8. The highest BCUT2D eigenvalue weighted by Gasteiger charge is 2.44. The molecule has 0 amide bonds. The number of halogens is 1. The van der Waals surface area contributed by atoms with E-state index in [9.17, 15) is 19.8 Å². The summed E-state index contributed by atoms with van der Waals surface area (Å²) >= 11 is 0. The van der Waals surface area contributed by atoms with E-state index < -0.39 is 36.2 Å². The first-order valence-corrected chi connectivity index (χ1v) is 7.16. The molecule has 1 aliphatic rings. The Morgan fingerprint density at radius 3 is 2.75 bits per heavy atom. The number of nitrogen functional groups attached to an aromatic ring is 1. The number of rotatable bonds is 6. The molecule has 1 fully saturated rings. The number of anilines is 1. The van der Waals surface area contributed by atoms with E-state index in [1.165, 1.54) is 12.3 Å². The Bertz CT molecular complexity index is 612. The van der Waals surface area contributed by atoms with Crippen molar-refractivity contribution in [2.75, 3.05) is 18.9 Å². The Labute approximate surface area is 143 Å². The van der Waals surface area contributed by atoms with Crippen molar-refractivity contribution in [2.24, 2.45) is 5.73 Å². The van der Waals surface area contributed by atoms with Crippen molar-refractivity contribution in [3.05, 3.63) is 22.7 Å². The summed E-state index contributed by atoms with van der Waals surface area (Å²) in [6.07, 6.45) is -2.82. The summed E-state index contributed by atoms with van der Waals surface area (Å²) < 4.78 is 11.4. The molecule has 0 bridgehead atoms. The molecule has 10 nitrogen and oxygen atoms in total. The number of aromatic nitrogens is 2. The first-order chi connectivity index (χ1) is 10.9. The van der Waals surface area contributed by atoms with Crippen LogP contribution in [-0.4, -0.2) is 57.2 Å². The van der Waals surface area contributed by atoms with Crippen LogP contribution >= 0.6 is 12.4 Å². The van der Waals surface area contributed by atoms with E-state index in [0.29, 0.717) is 13.0 Å². The third-order valence-corrected chi connectivity index (χ3v) is 3.46. The molecule has 0 saturated carbocycles. The topological polar surface area (TPSA) is 163 Å². The second kappa shape index (κ2) is 8.94. The van der Waals surface area contributed by atoms with Crippen molar-refractivity contribution in [1.82, 2.24) is 9.55 Å². The van der Waals surface area contributed by atoms with Gasteiger partial charge in [-0.05, 0) is 19.0 Å². The Balaban J connectivity index is 0.00000288. The number of aliphatic hydroxyl groups excluding tert-OH is 2. The van der Waals surface area contributed by atoms with Crippen molar-refractivity contribution < 1.29 is 24.5 Å². The summed E-state index contributed by atoms with van der Waals surface area (Å²) in [5, 5.41) is 20.0. The number of ether oxygens (including phenoxy) is 2. The molecule has 0 aliphatic carbocycles. The van der Waals surface area contributed by atoms with Crippen LogP contribution in [-0.2, 0) is 14.3 Å². The van der Waals surface area contributed by atoms with E-state index in [2.05, 4.69) is 4.98 Å². The molecule has 0 spiro atoms. The monoisotopic (exact) mass is 364 g/mol. The molecule has 2 rings (SSSR count). The molecule has 1 aromatic heterocycles. The smallest absolute Gasteiger partial charge is 0.351 e. The summed E-state index contributed by atoms with van der Waals surface area (Å²) in [6, 6.07) is 1.37. The summed E-state index contributed by atoms with van der Waals surface area (Å²) in [5.41, 5.74) is 9.96. The highest BCUT2D eigenvalue weighted by atomic mass is 35.5. The molecule has 136 valence electrons. The first-order valence-electron chi connectivity index (χ1n) is 7.16. The zero-order chi connectivity index (χ0) is 17.0. The summed E-state index contributed by atoms with van der Waals surface area (Å²) in [7, 11) is 0. The molecule has 2 heterocycles. The zero-order valence-electron chi connectivity index (χ0n) is 12.8. The van der Waals surface area contributed by atoms with E-state index in [1.54, 1.807) is 0 Å². The molecule has 0 aromatic carbocycles. The number of esters is 1. The fourth-order valence-corrected chi connectivity index (χ4v) is 2.21. The van der Waals surface area contributed by atoms with Gasteiger partial charge in [0, 0.05) is 12.6 Å². The number of nitrogens with two attached hydrogens (primary N) is 2. The predicted molar refractivity (Wildman–Crippen MR) is 85.3 cm³/mol. The lowest BCUT2D eigenvalue weighted by Crippen LogP contribution is -2.36. The lowest BCUT2D eigenvalue weighted by atomic mass is 10.1.